The molecule has 4 nitrogen and oxygen atoms in total. The van der Waals surface area contributed by atoms with Crippen LogP contribution in [0.5, 0.6) is 0 Å². The number of carbonyl (C=O) groups excluding carboxylic acids is 1. The molecule has 0 radical (unpaired) electrons. The van der Waals surface area contributed by atoms with Crippen molar-refractivity contribution in [3.05, 3.63) is 47.3 Å². The fraction of sp³-hybridized carbons (Fsp3) is 0.400. The van der Waals surface area contributed by atoms with Crippen molar-refractivity contribution < 1.29 is 9.18 Å². The molecule has 0 aliphatic carbocycles. The summed E-state index contributed by atoms with van der Waals surface area (Å²) < 4.78 is 14.6. The summed E-state index contributed by atoms with van der Waals surface area (Å²) in [6.07, 6.45) is 1.45. The van der Waals surface area contributed by atoms with E-state index in [2.05, 4.69) is 10.1 Å². The van der Waals surface area contributed by atoms with Gasteiger partial charge in [-0.3, -0.25) is 4.79 Å². The molecule has 1 aromatic heterocycles. The highest BCUT2D eigenvalue weighted by atomic mass is 19.1. The molecule has 0 aliphatic heterocycles. The van der Waals surface area contributed by atoms with E-state index in [-0.39, 0.29) is 11.6 Å². The van der Waals surface area contributed by atoms with E-state index in [0.717, 1.165) is 18.1 Å². The molecule has 0 N–H and O–H groups in total. The summed E-state index contributed by atoms with van der Waals surface area (Å²) in [6.45, 7) is 5.75. The molecule has 0 aliphatic rings. The molecule has 5 heteroatoms. The Bertz CT molecular complexity index is 604. The van der Waals surface area contributed by atoms with E-state index in [1.54, 1.807) is 11.6 Å². The second-order valence-electron chi connectivity index (χ2n) is 4.64. The van der Waals surface area contributed by atoms with Gasteiger partial charge in [0.2, 0.25) is 0 Å². The highest BCUT2D eigenvalue weighted by Crippen LogP contribution is 2.16. The minimum absolute atomic E-state index is 0.0905. The number of hydrogen-bond donors (Lipinski definition) is 0. The number of carbonyl (C=O) groups is 1. The maximum absolute atomic E-state index is 12.9. The number of rotatable bonds is 5. The number of nitrogens with zero attached hydrogens (tertiary/aromatic N) is 3. The Morgan fingerprint density at radius 1 is 1.25 bits per heavy atom. The quantitative estimate of drug-likeness (QED) is 0.788. The van der Waals surface area contributed by atoms with Gasteiger partial charge >= 0.3 is 0 Å². The summed E-state index contributed by atoms with van der Waals surface area (Å²) in [5, 5.41) is 4.37. The molecule has 2 aromatic rings. The molecule has 0 saturated heterocycles. The van der Waals surface area contributed by atoms with Crippen LogP contribution in [0.4, 0.5) is 4.39 Å². The van der Waals surface area contributed by atoms with E-state index in [4.69, 9.17) is 0 Å². The van der Waals surface area contributed by atoms with Gasteiger partial charge in [0.15, 0.2) is 11.6 Å². The largest absolute Gasteiger partial charge is 0.292 e. The number of aryl methyl sites for hydroxylation is 2. The fourth-order valence-electron chi connectivity index (χ4n) is 2.07. The second kappa shape index (κ2) is 5.94. The lowest BCUT2D eigenvalue weighted by Crippen LogP contribution is -2.20. The van der Waals surface area contributed by atoms with Gasteiger partial charge in [0.25, 0.3) is 0 Å². The molecule has 1 heterocycles. The molecule has 20 heavy (non-hydrogen) atoms. The highest BCUT2D eigenvalue weighted by molar-refractivity contribution is 5.98. The Morgan fingerprint density at radius 2 is 1.90 bits per heavy atom. The lowest BCUT2D eigenvalue weighted by atomic mass is 10.1. The number of Topliss-reactive ketones (excluding diaryl/α,β-unsaturated/α-hetero) is 1. The standard InChI is InChI=1S/C15H18FN3O/c1-4-13-17-14(5-2)19(18-13)10(3)15(20)11-6-8-12(16)9-7-11/h6-10H,4-5H2,1-3H3. The zero-order valence-corrected chi connectivity index (χ0v) is 11.9. The lowest BCUT2D eigenvalue weighted by molar-refractivity contribution is 0.0925. The maximum Gasteiger partial charge on any atom is 0.187 e. The van der Waals surface area contributed by atoms with Gasteiger partial charge in [-0.2, -0.15) is 5.10 Å². The number of benzene rings is 1. The molecular formula is C15H18FN3O. The van der Waals surface area contributed by atoms with Gasteiger partial charge in [-0.25, -0.2) is 14.1 Å². The normalized spacial score (nSPS) is 12.4. The Kier molecular flexibility index (Phi) is 4.27. The van der Waals surface area contributed by atoms with Crippen LogP contribution in [-0.2, 0) is 12.8 Å². The topological polar surface area (TPSA) is 47.8 Å². The van der Waals surface area contributed by atoms with E-state index in [1.165, 1.54) is 24.3 Å². The van der Waals surface area contributed by atoms with E-state index >= 15 is 0 Å². The van der Waals surface area contributed by atoms with Crippen molar-refractivity contribution >= 4 is 5.78 Å². The van der Waals surface area contributed by atoms with Gasteiger partial charge in [-0.1, -0.05) is 13.8 Å². The maximum atomic E-state index is 12.9. The number of halogens is 1. The Hall–Kier alpha value is -2.04. The van der Waals surface area contributed by atoms with Gasteiger partial charge in [-0.05, 0) is 31.2 Å². The molecule has 2 rings (SSSR count). The summed E-state index contributed by atoms with van der Waals surface area (Å²) in [4.78, 5) is 16.8. The minimum atomic E-state index is -0.441. The monoisotopic (exact) mass is 275 g/mol. The SMILES string of the molecule is CCc1nc(CC)n(C(C)C(=O)c2ccc(F)cc2)n1. The third kappa shape index (κ3) is 2.76. The van der Waals surface area contributed by atoms with Crippen LogP contribution in [0.25, 0.3) is 0 Å². The number of aromatic nitrogens is 3. The van der Waals surface area contributed by atoms with Crippen molar-refractivity contribution in [3.8, 4) is 0 Å². The summed E-state index contributed by atoms with van der Waals surface area (Å²) in [5.41, 5.74) is 0.481. The van der Waals surface area contributed by atoms with Gasteiger partial charge in [0.05, 0.1) is 0 Å². The lowest BCUT2D eigenvalue weighted by Gasteiger charge is -2.13. The van der Waals surface area contributed by atoms with Crippen LogP contribution < -0.4 is 0 Å². The molecule has 106 valence electrons. The van der Waals surface area contributed by atoms with Crippen molar-refractivity contribution in [2.75, 3.05) is 0 Å². The first kappa shape index (κ1) is 14.4. The fourth-order valence-corrected chi connectivity index (χ4v) is 2.07. The third-order valence-electron chi connectivity index (χ3n) is 3.25. The summed E-state index contributed by atoms with van der Waals surface area (Å²) >= 11 is 0. The zero-order chi connectivity index (χ0) is 14.7. The van der Waals surface area contributed by atoms with Gasteiger partial charge in [-0.15, -0.1) is 0 Å². The van der Waals surface area contributed by atoms with Crippen LogP contribution in [0.3, 0.4) is 0 Å². The molecule has 1 aromatic carbocycles. The second-order valence-corrected chi connectivity index (χ2v) is 4.64. The highest BCUT2D eigenvalue weighted by Gasteiger charge is 2.21. The smallest absolute Gasteiger partial charge is 0.187 e. The summed E-state index contributed by atoms with van der Waals surface area (Å²) in [7, 11) is 0. The van der Waals surface area contributed by atoms with Gasteiger partial charge in [0.1, 0.15) is 17.7 Å². The molecule has 0 amide bonds. The van der Waals surface area contributed by atoms with E-state index in [0.29, 0.717) is 12.0 Å². The van der Waals surface area contributed by atoms with Crippen molar-refractivity contribution in [1.82, 2.24) is 14.8 Å². The van der Waals surface area contributed by atoms with E-state index in [9.17, 15) is 9.18 Å². The Morgan fingerprint density at radius 3 is 2.45 bits per heavy atom. The zero-order valence-electron chi connectivity index (χ0n) is 11.9. The van der Waals surface area contributed by atoms with Crippen LogP contribution in [0.1, 0.15) is 48.8 Å². The van der Waals surface area contributed by atoms with E-state index in [1.807, 2.05) is 13.8 Å². The molecule has 0 bridgehead atoms. The Balaban J connectivity index is 2.30. The molecule has 1 unspecified atom stereocenters. The van der Waals surface area contributed by atoms with Crippen LogP contribution in [0.15, 0.2) is 24.3 Å². The van der Waals surface area contributed by atoms with Crippen LogP contribution in [0, 0.1) is 5.82 Å². The van der Waals surface area contributed by atoms with Crippen LogP contribution in [0.2, 0.25) is 0 Å². The summed E-state index contributed by atoms with van der Waals surface area (Å²) in [6, 6.07) is 5.14. The minimum Gasteiger partial charge on any atom is -0.292 e. The average Bonchev–Trinajstić information content (AvgIpc) is 2.90. The molecule has 1 atom stereocenters. The predicted octanol–water partition coefficient (Wildman–Crippen LogP) is 2.99. The molecule has 0 saturated carbocycles. The van der Waals surface area contributed by atoms with Crippen molar-refractivity contribution in [2.45, 2.75) is 39.7 Å². The van der Waals surface area contributed by atoms with Crippen LogP contribution in [-0.4, -0.2) is 20.5 Å². The first-order chi connectivity index (χ1) is 9.56. The van der Waals surface area contributed by atoms with E-state index < -0.39 is 6.04 Å². The summed E-state index contributed by atoms with van der Waals surface area (Å²) in [5.74, 6) is 1.09. The third-order valence-corrected chi connectivity index (χ3v) is 3.25. The molecule has 0 fully saturated rings. The predicted molar refractivity (Wildman–Crippen MR) is 74.2 cm³/mol. The Labute approximate surface area is 117 Å². The molecular weight excluding hydrogens is 257 g/mol. The van der Waals surface area contributed by atoms with Crippen molar-refractivity contribution in [3.63, 3.8) is 0 Å². The first-order valence-corrected chi connectivity index (χ1v) is 6.80. The number of hydrogen-bond acceptors (Lipinski definition) is 3. The average molecular weight is 275 g/mol. The van der Waals surface area contributed by atoms with Gasteiger partial charge < -0.3 is 0 Å². The van der Waals surface area contributed by atoms with Crippen molar-refractivity contribution in [2.24, 2.45) is 0 Å². The van der Waals surface area contributed by atoms with Gasteiger partial charge in [0, 0.05) is 18.4 Å². The molecule has 0 spiro atoms. The van der Waals surface area contributed by atoms with Crippen LogP contribution >= 0.6 is 0 Å². The first-order valence-electron chi connectivity index (χ1n) is 6.80. The van der Waals surface area contributed by atoms with Crippen molar-refractivity contribution in [1.29, 1.82) is 0 Å². The number of ketones is 1.